The second kappa shape index (κ2) is 15.0. The molecule has 0 aromatic heterocycles. The van der Waals surface area contributed by atoms with E-state index in [1.54, 1.807) is 0 Å². The van der Waals surface area contributed by atoms with Gasteiger partial charge in [-0.25, -0.2) is 0 Å². The van der Waals surface area contributed by atoms with E-state index in [2.05, 4.69) is 201 Å². The van der Waals surface area contributed by atoms with E-state index in [4.69, 9.17) is 0 Å². The van der Waals surface area contributed by atoms with Crippen molar-refractivity contribution in [2.75, 3.05) is 0 Å². The van der Waals surface area contributed by atoms with Crippen LogP contribution in [0.3, 0.4) is 0 Å². The molecule has 0 N–H and O–H groups in total. The second-order valence-corrected chi connectivity index (χ2v) is 16.1. The van der Waals surface area contributed by atoms with Crippen LogP contribution in [-0.2, 0) is 0 Å². The smallest absolute Gasteiger partial charge is 0.0686 e. The van der Waals surface area contributed by atoms with E-state index in [1.165, 1.54) is 76.6 Å². The first kappa shape index (κ1) is 35.6. The van der Waals surface area contributed by atoms with Crippen LogP contribution in [0.2, 0.25) is 0 Å². The first-order valence-electron chi connectivity index (χ1n) is 19.4. The van der Waals surface area contributed by atoms with Gasteiger partial charge in [0.1, 0.15) is 0 Å². The maximum atomic E-state index is 2.38. The molecule has 0 heterocycles. The highest BCUT2D eigenvalue weighted by Gasteiger charge is 2.32. The van der Waals surface area contributed by atoms with Gasteiger partial charge in [0.25, 0.3) is 0 Å². The summed E-state index contributed by atoms with van der Waals surface area (Å²) in [5.74, 6) is 1.94. The summed E-state index contributed by atoms with van der Waals surface area (Å²) in [6.45, 7) is 18.4. The maximum absolute atomic E-state index is 2.38. The largest absolute Gasteiger partial charge is 0.242 e. The van der Waals surface area contributed by atoms with Gasteiger partial charge in [0.15, 0.2) is 0 Å². The molecule has 0 saturated carbocycles. The van der Waals surface area contributed by atoms with Crippen molar-refractivity contribution in [2.45, 2.75) is 79.1 Å². The van der Waals surface area contributed by atoms with Gasteiger partial charge in [0.05, 0.1) is 0 Å². The maximum Gasteiger partial charge on any atom is 0.242 e. The molecule has 0 nitrogen and oxygen atoms in total. The third kappa shape index (κ3) is 6.89. The van der Waals surface area contributed by atoms with Crippen LogP contribution in [0.4, 0.5) is 0 Å². The first-order valence-corrected chi connectivity index (χ1v) is 19.4. The summed E-state index contributed by atoms with van der Waals surface area (Å²) in [5.41, 5.74) is 13.6. The summed E-state index contributed by atoms with van der Waals surface area (Å²) >= 11 is 0. The fourth-order valence-electron chi connectivity index (χ4n) is 8.16. The van der Waals surface area contributed by atoms with E-state index in [0.717, 1.165) is 0 Å². The van der Waals surface area contributed by atoms with Gasteiger partial charge in [-0.15, -0.1) is 0 Å². The lowest BCUT2D eigenvalue weighted by molar-refractivity contribution is 0.867. The van der Waals surface area contributed by atoms with E-state index >= 15 is 0 Å². The molecule has 258 valence electrons. The average Bonchev–Trinajstić information content (AvgIpc) is 3.16. The molecule has 0 aliphatic carbocycles. The van der Waals surface area contributed by atoms with E-state index in [1.807, 2.05) is 0 Å². The highest BCUT2D eigenvalue weighted by molar-refractivity contribution is 7.01. The zero-order chi connectivity index (χ0) is 36.5. The normalized spacial score (nSPS) is 11.8. The fraction of sp³-hybridized carbons (Fsp3) is 0.240. The summed E-state index contributed by atoms with van der Waals surface area (Å²) in [5, 5.41) is 5.30. The van der Waals surface area contributed by atoms with Gasteiger partial charge in [-0.1, -0.05) is 234 Å². The van der Waals surface area contributed by atoms with Crippen LogP contribution in [0.25, 0.3) is 21.5 Å². The van der Waals surface area contributed by atoms with E-state index < -0.39 is 0 Å². The molecule has 7 rings (SSSR count). The SMILES string of the molecule is CC(C)c1ccc(B(c2ccc(C(C)C)cc2)c2c3ccccc3c(B(c3ccc(C(C)C)cc3)c3ccc(C(C)C)cc3)c3ccccc23)cc1. The minimum absolute atomic E-state index is 0.0698. The van der Waals surface area contributed by atoms with Crippen LogP contribution in [0.1, 0.15) is 101 Å². The van der Waals surface area contributed by atoms with Gasteiger partial charge in [0.2, 0.25) is 13.4 Å². The van der Waals surface area contributed by atoms with Crippen molar-refractivity contribution < 1.29 is 0 Å². The quantitative estimate of drug-likeness (QED) is 0.100. The molecule has 7 aromatic carbocycles. The number of hydrogen-bond donors (Lipinski definition) is 0. The highest BCUT2D eigenvalue weighted by Crippen LogP contribution is 2.24. The minimum atomic E-state index is 0.0698. The Kier molecular flexibility index (Phi) is 10.3. The molecule has 2 heteroatoms. The first-order chi connectivity index (χ1) is 25.1. The zero-order valence-electron chi connectivity index (χ0n) is 32.3. The van der Waals surface area contributed by atoms with E-state index in [9.17, 15) is 0 Å². The number of benzene rings is 7. The predicted octanol–water partition coefficient (Wildman–Crippen LogP) is 9.52. The summed E-state index contributed by atoms with van der Waals surface area (Å²) in [7, 11) is 0. The second-order valence-electron chi connectivity index (χ2n) is 16.1. The monoisotopic (exact) mass is 674 g/mol. The third-order valence-electron chi connectivity index (χ3n) is 11.3. The van der Waals surface area contributed by atoms with Crippen LogP contribution >= 0.6 is 0 Å². The molecule has 0 fully saturated rings. The third-order valence-corrected chi connectivity index (χ3v) is 11.3. The molecule has 7 aromatic rings. The molecule has 0 unspecified atom stereocenters. The lowest BCUT2D eigenvalue weighted by atomic mass is 9.33. The molecule has 0 aliphatic rings. The lowest BCUT2D eigenvalue weighted by Gasteiger charge is -2.26. The molecule has 0 spiro atoms. The standard InChI is InChI=1S/C50H52B2/c1-33(2)37-17-25-41(26-18-37)51(42-27-19-38(20-28-42)34(3)4)49-45-13-9-11-15-47(45)50(48-16-12-10-14-46(48)49)52(43-29-21-39(22-30-43)35(5)6)44-31-23-40(24-32-44)36(7)8/h9-36H,1-8H3. The van der Waals surface area contributed by atoms with Crippen LogP contribution < -0.4 is 32.8 Å². The topological polar surface area (TPSA) is 0 Å². The molecular weight excluding hydrogens is 622 g/mol. The summed E-state index contributed by atoms with van der Waals surface area (Å²) < 4.78 is 0. The van der Waals surface area contributed by atoms with Gasteiger partial charge in [-0.3, -0.25) is 0 Å². The number of rotatable bonds is 10. The molecule has 0 saturated heterocycles. The van der Waals surface area contributed by atoms with Crippen LogP contribution in [0.5, 0.6) is 0 Å². The van der Waals surface area contributed by atoms with Gasteiger partial charge in [-0.2, -0.15) is 0 Å². The summed E-state index contributed by atoms with van der Waals surface area (Å²) in [6, 6.07) is 56.2. The molecule has 0 aliphatic heterocycles. The van der Waals surface area contributed by atoms with Crippen molar-refractivity contribution in [3.8, 4) is 0 Å². The Bertz CT molecular complexity index is 1950. The Balaban J connectivity index is 1.55. The molecular formula is C50H52B2. The molecule has 52 heavy (non-hydrogen) atoms. The van der Waals surface area contributed by atoms with Crippen molar-refractivity contribution in [3.63, 3.8) is 0 Å². The zero-order valence-corrected chi connectivity index (χ0v) is 32.3. The summed E-state index contributed by atoms with van der Waals surface area (Å²) in [4.78, 5) is 0. The molecule has 0 bridgehead atoms. The van der Waals surface area contributed by atoms with Gasteiger partial charge in [-0.05, 0) is 67.5 Å². The number of fused-ring (bicyclic) bond motifs is 2. The minimum Gasteiger partial charge on any atom is -0.0686 e. The fourth-order valence-corrected chi connectivity index (χ4v) is 8.16. The van der Waals surface area contributed by atoms with E-state index in [-0.39, 0.29) is 13.4 Å². The van der Waals surface area contributed by atoms with Gasteiger partial charge >= 0.3 is 0 Å². The highest BCUT2D eigenvalue weighted by atomic mass is 14.2. The van der Waals surface area contributed by atoms with E-state index in [0.29, 0.717) is 23.7 Å². The van der Waals surface area contributed by atoms with Gasteiger partial charge < -0.3 is 0 Å². The molecule has 0 atom stereocenters. The van der Waals surface area contributed by atoms with Crippen molar-refractivity contribution in [1.82, 2.24) is 0 Å². The Morgan fingerprint density at radius 2 is 0.462 bits per heavy atom. The van der Waals surface area contributed by atoms with Crippen LogP contribution in [-0.4, -0.2) is 13.4 Å². The number of hydrogen-bond acceptors (Lipinski definition) is 0. The van der Waals surface area contributed by atoms with Crippen LogP contribution in [0, 0.1) is 0 Å². The Labute approximate surface area is 313 Å². The molecule has 0 amide bonds. The van der Waals surface area contributed by atoms with Crippen molar-refractivity contribution in [1.29, 1.82) is 0 Å². The van der Waals surface area contributed by atoms with Crippen LogP contribution in [0.15, 0.2) is 146 Å². The summed E-state index contributed by atoms with van der Waals surface area (Å²) in [6.07, 6.45) is 0. The Hall–Kier alpha value is -4.81. The van der Waals surface area contributed by atoms with Crippen molar-refractivity contribution in [2.24, 2.45) is 0 Å². The van der Waals surface area contributed by atoms with Crippen molar-refractivity contribution in [3.05, 3.63) is 168 Å². The Morgan fingerprint density at radius 3 is 0.635 bits per heavy atom. The Morgan fingerprint density at radius 1 is 0.269 bits per heavy atom. The molecule has 0 radical (unpaired) electrons. The van der Waals surface area contributed by atoms with Crippen molar-refractivity contribution >= 4 is 67.7 Å². The lowest BCUT2D eigenvalue weighted by Crippen LogP contribution is -2.55. The predicted molar refractivity (Wildman–Crippen MR) is 233 cm³/mol. The average molecular weight is 675 g/mol. The van der Waals surface area contributed by atoms with Gasteiger partial charge in [0, 0.05) is 0 Å².